The number of aryl methyl sites for hydroxylation is 2. The van der Waals surface area contributed by atoms with E-state index in [1.54, 1.807) is 12.1 Å². The summed E-state index contributed by atoms with van der Waals surface area (Å²) in [7, 11) is 0. The average Bonchev–Trinajstić information content (AvgIpc) is 2.58. The number of halogens is 2. The summed E-state index contributed by atoms with van der Waals surface area (Å²) in [6, 6.07) is 10.2. The molecule has 0 amide bonds. The fourth-order valence-corrected chi connectivity index (χ4v) is 2.79. The predicted molar refractivity (Wildman–Crippen MR) is 97.8 cm³/mol. The zero-order valence-electron chi connectivity index (χ0n) is 13.8. The van der Waals surface area contributed by atoms with Crippen molar-refractivity contribution in [3.63, 3.8) is 0 Å². The molecule has 0 unspecified atom stereocenters. The molecule has 2 aromatic carbocycles. The fourth-order valence-electron chi connectivity index (χ4n) is 2.42. The second kappa shape index (κ2) is 7.44. The van der Waals surface area contributed by atoms with Gasteiger partial charge in [-0.1, -0.05) is 29.8 Å². The van der Waals surface area contributed by atoms with E-state index in [-0.39, 0.29) is 5.82 Å². The quantitative estimate of drug-likeness (QED) is 0.696. The maximum Gasteiger partial charge on any atom is 0.249 e. The molecule has 0 saturated carbocycles. The molecule has 0 fully saturated rings. The smallest absolute Gasteiger partial charge is 0.249 e. The number of hydrogen-bond acceptors (Lipinski definition) is 5. The molecule has 1 heterocycles. The molecule has 0 bridgehead atoms. The normalized spacial score (nSPS) is 10.6. The van der Waals surface area contributed by atoms with Crippen LogP contribution < -0.4 is 10.6 Å². The molecule has 5 nitrogen and oxygen atoms in total. The first-order valence-corrected chi connectivity index (χ1v) is 8.11. The van der Waals surface area contributed by atoms with Gasteiger partial charge >= 0.3 is 0 Å². The topological polar surface area (TPSA) is 62.7 Å². The number of nitrogens with zero attached hydrogens (tertiary/aromatic N) is 3. The van der Waals surface area contributed by atoms with Gasteiger partial charge in [-0.2, -0.15) is 10.1 Å². The van der Waals surface area contributed by atoms with Crippen molar-refractivity contribution < 1.29 is 4.39 Å². The monoisotopic (exact) mass is 357 g/mol. The summed E-state index contributed by atoms with van der Waals surface area (Å²) in [5, 5.41) is 14.8. The summed E-state index contributed by atoms with van der Waals surface area (Å²) in [5.74, 6) is 0.643. The lowest BCUT2D eigenvalue weighted by atomic mass is 10.1. The minimum atomic E-state index is -0.260. The first-order chi connectivity index (χ1) is 12.0. The molecule has 0 spiro atoms. The maximum absolute atomic E-state index is 12.9. The second-order valence-corrected chi connectivity index (χ2v) is 6.12. The van der Waals surface area contributed by atoms with Crippen LogP contribution in [0.5, 0.6) is 0 Å². The van der Waals surface area contributed by atoms with Gasteiger partial charge in [0.05, 0.1) is 16.9 Å². The van der Waals surface area contributed by atoms with E-state index in [1.807, 2.05) is 26.0 Å². The van der Waals surface area contributed by atoms with E-state index < -0.39 is 0 Å². The number of nitrogens with one attached hydrogen (secondary N) is 2. The summed E-state index contributed by atoms with van der Waals surface area (Å²) in [5.41, 5.74) is 3.77. The van der Waals surface area contributed by atoms with E-state index in [0.717, 1.165) is 22.4 Å². The van der Waals surface area contributed by atoms with Crippen molar-refractivity contribution in [3.8, 4) is 0 Å². The van der Waals surface area contributed by atoms with Gasteiger partial charge in [0.2, 0.25) is 5.95 Å². The third-order valence-corrected chi connectivity index (χ3v) is 3.91. The fraction of sp³-hybridized carbons (Fsp3) is 0.167. The Balaban J connectivity index is 1.72. The van der Waals surface area contributed by atoms with E-state index in [9.17, 15) is 4.39 Å². The van der Waals surface area contributed by atoms with Crippen molar-refractivity contribution in [2.24, 2.45) is 0 Å². The van der Waals surface area contributed by atoms with Crippen LogP contribution in [0.4, 0.5) is 21.8 Å². The zero-order chi connectivity index (χ0) is 17.8. The van der Waals surface area contributed by atoms with Crippen LogP contribution in [-0.4, -0.2) is 15.2 Å². The van der Waals surface area contributed by atoms with Crippen LogP contribution in [0.1, 0.15) is 16.7 Å². The van der Waals surface area contributed by atoms with E-state index in [2.05, 4.69) is 25.8 Å². The van der Waals surface area contributed by atoms with Gasteiger partial charge in [-0.25, -0.2) is 4.39 Å². The minimum absolute atomic E-state index is 0.260. The molecular weight excluding hydrogens is 341 g/mol. The summed E-state index contributed by atoms with van der Waals surface area (Å²) >= 11 is 6.29. The standard InChI is InChI=1S/C18H17ClFN5/c1-11-7-12(2)17(15(19)8-11)24-18-23-16(10-22-25-18)21-9-13-3-5-14(20)6-4-13/h3-8,10H,9H2,1-2H3,(H2,21,23,24,25). The van der Waals surface area contributed by atoms with E-state index in [4.69, 9.17) is 11.6 Å². The minimum Gasteiger partial charge on any atom is -0.365 e. The Hall–Kier alpha value is -2.73. The molecule has 0 aliphatic carbocycles. The average molecular weight is 358 g/mol. The summed E-state index contributed by atoms with van der Waals surface area (Å²) in [6.07, 6.45) is 1.53. The van der Waals surface area contributed by atoms with Crippen LogP contribution in [0.25, 0.3) is 0 Å². The van der Waals surface area contributed by atoms with E-state index in [0.29, 0.717) is 23.3 Å². The summed E-state index contributed by atoms with van der Waals surface area (Å²) in [4.78, 5) is 4.38. The van der Waals surface area contributed by atoms with Gasteiger partial charge in [-0.3, -0.25) is 0 Å². The van der Waals surface area contributed by atoms with Crippen LogP contribution in [-0.2, 0) is 6.54 Å². The van der Waals surface area contributed by atoms with Crippen molar-refractivity contribution in [2.45, 2.75) is 20.4 Å². The Morgan fingerprint density at radius 1 is 1.12 bits per heavy atom. The van der Waals surface area contributed by atoms with Crippen molar-refractivity contribution in [3.05, 3.63) is 70.1 Å². The first-order valence-electron chi connectivity index (χ1n) is 7.73. The van der Waals surface area contributed by atoms with Crippen LogP contribution in [0, 0.1) is 19.7 Å². The Morgan fingerprint density at radius 2 is 1.88 bits per heavy atom. The molecule has 7 heteroatoms. The van der Waals surface area contributed by atoms with E-state index in [1.165, 1.54) is 18.3 Å². The van der Waals surface area contributed by atoms with Crippen molar-refractivity contribution in [1.82, 2.24) is 15.2 Å². The molecule has 0 radical (unpaired) electrons. The maximum atomic E-state index is 12.9. The Labute approximate surface area is 150 Å². The first kappa shape index (κ1) is 17.1. The van der Waals surface area contributed by atoms with Crippen molar-refractivity contribution in [1.29, 1.82) is 0 Å². The van der Waals surface area contributed by atoms with Crippen molar-refractivity contribution in [2.75, 3.05) is 10.6 Å². The van der Waals surface area contributed by atoms with Crippen LogP contribution in [0.15, 0.2) is 42.6 Å². The summed E-state index contributed by atoms with van der Waals surface area (Å²) in [6.45, 7) is 4.45. The number of anilines is 3. The lowest BCUT2D eigenvalue weighted by Gasteiger charge is -2.12. The van der Waals surface area contributed by atoms with Crippen LogP contribution in [0.2, 0.25) is 5.02 Å². The van der Waals surface area contributed by atoms with Gasteiger partial charge in [0.15, 0.2) is 5.82 Å². The highest BCUT2D eigenvalue weighted by molar-refractivity contribution is 6.33. The molecule has 2 N–H and O–H groups in total. The van der Waals surface area contributed by atoms with E-state index >= 15 is 0 Å². The highest BCUT2D eigenvalue weighted by atomic mass is 35.5. The molecule has 0 saturated heterocycles. The molecule has 25 heavy (non-hydrogen) atoms. The second-order valence-electron chi connectivity index (χ2n) is 5.71. The number of benzene rings is 2. The third-order valence-electron chi connectivity index (χ3n) is 3.61. The van der Waals surface area contributed by atoms with Gasteiger partial charge in [0.25, 0.3) is 0 Å². The van der Waals surface area contributed by atoms with Crippen molar-refractivity contribution >= 4 is 29.1 Å². The Kier molecular flexibility index (Phi) is 5.09. The zero-order valence-corrected chi connectivity index (χ0v) is 14.6. The summed E-state index contributed by atoms with van der Waals surface area (Å²) < 4.78 is 12.9. The van der Waals surface area contributed by atoms with Gasteiger partial charge in [0, 0.05) is 6.54 Å². The highest BCUT2D eigenvalue weighted by Gasteiger charge is 2.08. The largest absolute Gasteiger partial charge is 0.365 e. The molecular formula is C18H17ClFN5. The van der Waals surface area contributed by atoms with Crippen LogP contribution >= 0.6 is 11.6 Å². The highest BCUT2D eigenvalue weighted by Crippen LogP contribution is 2.29. The number of rotatable bonds is 5. The molecule has 0 aliphatic heterocycles. The van der Waals surface area contributed by atoms with Gasteiger partial charge in [-0.15, -0.1) is 5.10 Å². The molecule has 3 aromatic rings. The Morgan fingerprint density at radius 3 is 2.60 bits per heavy atom. The SMILES string of the molecule is Cc1cc(C)c(Nc2nncc(NCc3ccc(F)cc3)n2)c(Cl)c1. The molecule has 1 aromatic heterocycles. The molecule has 128 valence electrons. The number of aromatic nitrogens is 3. The van der Waals surface area contributed by atoms with Gasteiger partial charge in [-0.05, 0) is 48.7 Å². The van der Waals surface area contributed by atoms with Crippen LogP contribution in [0.3, 0.4) is 0 Å². The molecule has 0 atom stereocenters. The van der Waals surface area contributed by atoms with Gasteiger partial charge in [0.1, 0.15) is 5.82 Å². The predicted octanol–water partition coefficient (Wildman–Crippen LogP) is 4.64. The van der Waals surface area contributed by atoms with Gasteiger partial charge < -0.3 is 10.6 Å². The third kappa shape index (κ3) is 4.42. The lowest BCUT2D eigenvalue weighted by molar-refractivity contribution is 0.627. The lowest BCUT2D eigenvalue weighted by Crippen LogP contribution is -2.06. The number of hydrogen-bond donors (Lipinski definition) is 2. The Bertz CT molecular complexity index is 860. The molecule has 3 rings (SSSR count). The molecule has 0 aliphatic rings.